The maximum absolute atomic E-state index is 12.7. The maximum Gasteiger partial charge on any atom is 0.265 e. The lowest BCUT2D eigenvalue weighted by atomic mass is 9.72. The van der Waals surface area contributed by atoms with Crippen molar-refractivity contribution in [1.82, 2.24) is 9.88 Å². The van der Waals surface area contributed by atoms with Gasteiger partial charge in [0.2, 0.25) is 5.88 Å². The van der Waals surface area contributed by atoms with E-state index in [1.54, 1.807) is 0 Å². The Kier molecular flexibility index (Phi) is 5.81. The number of rotatable bonds is 6. The number of benzene rings is 1. The molecule has 1 fully saturated rings. The van der Waals surface area contributed by atoms with Crippen LogP contribution in [0, 0.1) is 0 Å². The number of aromatic nitrogens is 1. The second-order valence-corrected chi connectivity index (χ2v) is 9.57. The molecule has 0 saturated heterocycles. The molecule has 1 amide bonds. The molecule has 6 nitrogen and oxygen atoms in total. The Morgan fingerprint density at radius 1 is 1.18 bits per heavy atom. The lowest BCUT2D eigenvalue weighted by molar-refractivity contribution is -0.121. The number of nitrogens with two attached hydrogens (primary N) is 1. The van der Waals surface area contributed by atoms with E-state index in [-0.39, 0.29) is 18.1 Å². The number of carbonyl (C=O) groups excluding carboxylic acids is 1. The molecule has 172 valence electrons. The van der Waals surface area contributed by atoms with Crippen molar-refractivity contribution in [2.24, 2.45) is 5.73 Å². The summed E-state index contributed by atoms with van der Waals surface area (Å²) in [5, 5.41) is 0. The Labute approximate surface area is 195 Å². The van der Waals surface area contributed by atoms with Crippen LogP contribution in [0.25, 0.3) is 16.8 Å². The van der Waals surface area contributed by atoms with Gasteiger partial charge in [0.1, 0.15) is 5.69 Å². The minimum Gasteiger partial charge on any atom is -0.466 e. The van der Waals surface area contributed by atoms with Crippen molar-refractivity contribution in [1.29, 1.82) is 0 Å². The summed E-state index contributed by atoms with van der Waals surface area (Å²) in [6.07, 6.45) is 11.9. The van der Waals surface area contributed by atoms with E-state index in [1.165, 1.54) is 12.0 Å². The highest BCUT2D eigenvalue weighted by molar-refractivity contribution is 5.99. The summed E-state index contributed by atoms with van der Waals surface area (Å²) >= 11 is 0. The average Bonchev–Trinajstić information content (AvgIpc) is 2.81. The first-order valence-electron chi connectivity index (χ1n) is 11.8. The zero-order valence-corrected chi connectivity index (χ0v) is 19.5. The van der Waals surface area contributed by atoms with Crippen molar-refractivity contribution in [3.63, 3.8) is 0 Å². The predicted octanol–water partition coefficient (Wildman–Crippen LogP) is 4.11. The lowest BCUT2D eigenvalue weighted by Gasteiger charge is -2.38. The van der Waals surface area contributed by atoms with Crippen molar-refractivity contribution in [2.75, 3.05) is 38.7 Å². The molecule has 1 aromatic carbocycles. The third kappa shape index (κ3) is 4.21. The highest BCUT2D eigenvalue weighted by atomic mass is 16.5. The largest absolute Gasteiger partial charge is 0.466 e. The normalized spacial score (nSPS) is 19.1. The number of ether oxygens (including phenoxy) is 1. The van der Waals surface area contributed by atoms with Crippen molar-refractivity contribution < 1.29 is 9.53 Å². The summed E-state index contributed by atoms with van der Waals surface area (Å²) in [4.78, 5) is 21.5. The van der Waals surface area contributed by atoms with Gasteiger partial charge in [-0.25, -0.2) is 4.98 Å². The molecule has 1 saturated carbocycles. The number of hydrogen-bond acceptors (Lipinski definition) is 5. The molecule has 2 heterocycles. The topological polar surface area (TPSA) is 71.7 Å². The number of anilines is 1. The number of amides is 1. The molecule has 0 bridgehead atoms. The number of likely N-dealkylation sites (N-methyl/N-ethyl adjacent to an activating group) is 1. The van der Waals surface area contributed by atoms with Crippen LogP contribution in [0.2, 0.25) is 0 Å². The van der Waals surface area contributed by atoms with Crippen LogP contribution >= 0.6 is 0 Å². The molecular formula is C27H32N4O2. The second-order valence-electron chi connectivity index (χ2n) is 9.57. The molecule has 6 heteroatoms. The fourth-order valence-electron chi connectivity index (χ4n) is 4.73. The maximum atomic E-state index is 12.7. The van der Waals surface area contributed by atoms with E-state index in [0.717, 1.165) is 60.3 Å². The highest BCUT2D eigenvalue weighted by Crippen LogP contribution is 2.42. The standard InChI is InChI=1S/C27H32N4O2/c1-30(2)15-16-31-23-17-22(19-7-4-3-5-8-19)25(29-26(23)33-18-24(31)32)20-9-11-21(12-10-20)27(28)13-6-14-27/h4,7-12,17H,3,5-6,13-16,18,28H2,1-2H3. The van der Waals surface area contributed by atoms with Crippen LogP contribution in [-0.2, 0) is 10.3 Å². The van der Waals surface area contributed by atoms with E-state index in [1.807, 2.05) is 19.0 Å². The monoisotopic (exact) mass is 444 g/mol. The Morgan fingerprint density at radius 2 is 1.97 bits per heavy atom. The van der Waals surface area contributed by atoms with Crippen molar-refractivity contribution in [2.45, 2.75) is 37.6 Å². The van der Waals surface area contributed by atoms with E-state index < -0.39 is 0 Å². The molecule has 0 spiro atoms. The number of allylic oxidation sites excluding steroid dienone is 4. The number of fused-ring (bicyclic) bond motifs is 1. The van der Waals surface area contributed by atoms with Crippen LogP contribution in [0.15, 0.2) is 48.6 Å². The first-order chi connectivity index (χ1) is 15.9. The smallest absolute Gasteiger partial charge is 0.265 e. The van der Waals surface area contributed by atoms with Gasteiger partial charge in [0.05, 0.1) is 5.69 Å². The molecule has 2 aliphatic carbocycles. The minimum atomic E-state index is -0.185. The van der Waals surface area contributed by atoms with Crippen molar-refractivity contribution in [3.05, 3.63) is 59.7 Å². The van der Waals surface area contributed by atoms with E-state index >= 15 is 0 Å². The summed E-state index contributed by atoms with van der Waals surface area (Å²) in [5.74, 6) is 0.488. The van der Waals surface area contributed by atoms with Crippen LogP contribution in [0.1, 0.15) is 43.2 Å². The zero-order valence-electron chi connectivity index (χ0n) is 19.5. The minimum absolute atomic E-state index is 0.0173. The Hall–Kier alpha value is -2.96. The molecule has 1 aromatic heterocycles. The average molecular weight is 445 g/mol. The summed E-state index contributed by atoms with van der Waals surface area (Å²) in [6.45, 7) is 1.39. The number of hydrogen-bond donors (Lipinski definition) is 1. The fraction of sp³-hybridized carbons (Fsp3) is 0.407. The van der Waals surface area contributed by atoms with Crippen molar-refractivity contribution in [3.8, 4) is 17.1 Å². The lowest BCUT2D eigenvalue weighted by Crippen LogP contribution is -2.43. The molecule has 0 atom stereocenters. The van der Waals surface area contributed by atoms with Gasteiger partial charge in [-0.15, -0.1) is 0 Å². The van der Waals surface area contributed by atoms with Gasteiger partial charge in [-0.2, -0.15) is 0 Å². The third-order valence-electron chi connectivity index (χ3n) is 6.95. The molecule has 2 N–H and O–H groups in total. The second kappa shape index (κ2) is 8.76. The first-order valence-corrected chi connectivity index (χ1v) is 11.8. The van der Waals surface area contributed by atoms with Gasteiger partial charge >= 0.3 is 0 Å². The van der Waals surface area contributed by atoms with Crippen molar-refractivity contribution >= 4 is 17.2 Å². The molecular weight excluding hydrogens is 412 g/mol. The van der Waals surface area contributed by atoms with E-state index in [9.17, 15) is 4.79 Å². The third-order valence-corrected chi connectivity index (χ3v) is 6.95. The molecule has 1 aliphatic heterocycles. The zero-order chi connectivity index (χ0) is 23.0. The molecule has 2 aromatic rings. The SMILES string of the molecule is CN(C)CCN1C(=O)COc2nc(-c3ccc(C4(N)CCC4)cc3)c(C3=CCCC=C3)cc21. The summed E-state index contributed by atoms with van der Waals surface area (Å²) < 4.78 is 5.81. The van der Waals surface area contributed by atoms with Gasteiger partial charge in [0.15, 0.2) is 6.61 Å². The van der Waals surface area contributed by atoms with Gasteiger partial charge in [0.25, 0.3) is 5.91 Å². The van der Waals surface area contributed by atoms with Crippen LogP contribution in [0.4, 0.5) is 5.69 Å². The Balaban J connectivity index is 1.58. The summed E-state index contributed by atoms with van der Waals surface area (Å²) in [6, 6.07) is 10.6. The van der Waals surface area contributed by atoms with E-state index in [0.29, 0.717) is 12.4 Å². The van der Waals surface area contributed by atoms with Crippen LogP contribution < -0.4 is 15.4 Å². The Morgan fingerprint density at radius 3 is 2.61 bits per heavy atom. The van der Waals surface area contributed by atoms with Gasteiger partial charge in [-0.05, 0) is 63.4 Å². The Bertz CT molecular complexity index is 1110. The van der Waals surface area contributed by atoms with Crippen LogP contribution in [-0.4, -0.2) is 49.6 Å². The van der Waals surface area contributed by atoms with E-state index in [2.05, 4.69) is 53.5 Å². The predicted molar refractivity (Wildman–Crippen MR) is 132 cm³/mol. The van der Waals surface area contributed by atoms with Crippen LogP contribution in [0.5, 0.6) is 5.88 Å². The quantitative estimate of drug-likeness (QED) is 0.726. The first kappa shape index (κ1) is 21.9. The van der Waals surface area contributed by atoms with Gasteiger partial charge < -0.3 is 20.3 Å². The van der Waals surface area contributed by atoms with Gasteiger partial charge in [0, 0.05) is 29.8 Å². The molecule has 5 rings (SSSR count). The molecule has 0 unspecified atom stereocenters. The summed E-state index contributed by atoms with van der Waals surface area (Å²) in [7, 11) is 4.02. The summed E-state index contributed by atoms with van der Waals surface area (Å²) in [5.41, 5.74) is 12.3. The van der Waals surface area contributed by atoms with Gasteiger partial charge in [-0.3, -0.25) is 4.79 Å². The highest BCUT2D eigenvalue weighted by Gasteiger charge is 2.34. The van der Waals surface area contributed by atoms with E-state index in [4.69, 9.17) is 15.5 Å². The molecule has 0 radical (unpaired) electrons. The molecule has 33 heavy (non-hydrogen) atoms. The van der Waals surface area contributed by atoms with Gasteiger partial charge in [-0.1, -0.05) is 42.5 Å². The fourth-order valence-corrected chi connectivity index (χ4v) is 4.73. The number of nitrogens with zero attached hydrogens (tertiary/aromatic N) is 3. The molecule has 3 aliphatic rings. The van der Waals surface area contributed by atoms with Crippen LogP contribution in [0.3, 0.4) is 0 Å². The number of carbonyl (C=O) groups is 1. The number of pyridine rings is 1.